The van der Waals surface area contributed by atoms with Crippen LogP contribution in [0.25, 0.3) is 0 Å². The second-order valence-corrected chi connectivity index (χ2v) is 7.86. The summed E-state index contributed by atoms with van der Waals surface area (Å²) in [4.78, 5) is 12.2. The molecular formula is C16H23N5O3S. The number of aryl methyl sites for hydroxylation is 1. The summed E-state index contributed by atoms with van der Waals surface area (Å²) in [7, 11) is -3.86. The van der Waals surface area contributed by atoms with Gasteiger partial charge in [-0.2, -0.15) is 5.10 Å². The number of hydrogen-bond acceptors (Lipinski definition) is 4. The van der Waals surface area contributed by atoms with E-state index in [9.17, 15) is 13.2 Å². The van der Waals surface area contributed by atoms with Gasteiger partial charge in [0.2, 0.25) is 10.0 Å². The van der Waals surface area contributed by atoms with Gasteiger partial charge in [-0.1, -0.05) is 13.8 Å². The van der Waals surface area contributed by atoms with Crippen molar-refractivity contribution in [2.24, 2.45) is 5.14 Å². The zero-order chi connectivity index (χ0) is 18.9. The average molecular weight is 365 g/mol. The standard InChI is InChI=1S/C16H23N5O3S/c1-8(2)14-11(5)15(21-20-14)19-16(22)18-13-7-12(25(17,23)24)6-9(3)10(13)4/h6-8H,1-5H3,(H2,17,23,24)(H3,18,19,20,21,22). The fourth-order valence-electron chi connectivity index (χ4n) is 2.48. The van der Waals surface area contributed by atoms with Crippen LogP contribution in [0, 0.1) is 20.8 Å². The first-order valence-corrected chi connectivity index (χ1v) is 9.32. The van der Waals surface area contributed by atoms with Crippen LogP contribution in [-0.2, 0) is 10.0 Å². The Bertz CT molecular complexity index is 916. The summed E-state index contributed by atoms with van der Waals surface area (Å²) in [6.45, 7) is 9.45. The lowest BCUT2D eigenvalue weighted by atomic mass is 10.1. The van der Waals surface area contributed by atoms with Gasteiger partial charge >= 0.3 is 6.03 Å². The Kier molecular flexibility index (Phi) is 5.19. The summed E-state index contributed by atoms with van der Waals surface area (Å²) in [5.74, 6) is 0.681. The summed E-state index contributed by atoms with van der Waals surface area (Å²) in [5, 5.41) is 17.5. The lowest BCUT2D eigenvalue weighted by Crippen LogP contribution is -2.21. The van der Waals surface area contributed by atoms with Crippen molar-refractivity contribution < 1.29 is 13.2 Å². The molecule has 2 aromatic rings. The van der Waals surface area contributed by atoms with Gasteiger partial charge in [0, 0.05) is 16.9 Å². The number of carbonyl (C=O) groups excluding carboxylic acids is 1. The molecule has 0 spiro atoms. The van der Waals surface area contributed by atoms with Crippen molar-refractivity contribution in [2.75, 3.05) is 10.6 Å². The second kappa shape index (κ2) is 6.85. The van der Waals surface area contributed by atoms with Crippen LogP contribution in [0.4, 0.5) is 16.3 Å². The fourth-order valence-corrected chi connectivity index (χ4v) is 3.10. The first kappa shape index (κ1) is 18.9. The third-order valence-electron chi connectivity index (χ3n) is 4.07. The van der Waals surface area contributed by atoms with Crippen molar-refractivity contribution in [1.82, 2.24) is 10.2 Å². The van der Waals surface area contributed by atoms with E-state index < -0.39 is 16.1 Å². The largest absolute Gasteiger partial charge is 0.324 e. The van der Waals surface area contributed by atoms with E-state index in [4.69, 9.17) is 5.14 Å². The summed E-state index contributed by atoms with van der Waals surface area (Å²) < 4.78 is 23.1. The van der Waals surface area contributed by atoms with Crippen molar-refractivity contribution >= 4 is 27.6 Å². The zero-order valence-corrected chi connectivity index (χ0v) is 15.7. The number of nitrogens with two attached hydrogens (primary N) is 1. The van der Waals surface area contributed by atoms with E-state index in [2.05, 4.69) is 20.8 Å². The van der Waals surface area contributed by atoms with Gasteiger partial charge in [-0.15, -0.1) is 0 Å². The molecule has 1 aromatic carbocycles. The van der Waals surface area contributed by atoms with Crippen LogP contribution < -0.4 is 15.8 Å². The van der Waals surface area contributed by atoms with Crippen molar-refractivity contribution in [1.29, 1.82) is 0 Å². The Morgan fingerprint density at radius 2 is 1.80 bits per heavy atom. The molecular weight excluding hydrogens is 342 g/mol. The highest BCUT2D eigenvalue weighted by molar-refractivity contribution is 7.89. The monoisotopic (exact) mass is 365 g/mol. The highest BCUT2D eigenvalue weighted by Crippen LogP contribution is 2.25. The van der Waals surface area contributed by atoms with Crippen LogP contribution >= 0.6 is 0 Å². The predicted molar refractivity (Wildman–Crippen MR) is 97.3 cm³/mol. The number of sulfonamides is 1. The first-order chi connectivity index (χ1) is 11.5. The molecule has 0 saturated carbocycles. The molecule has 2 rings (SSSR count). The molecule has 8 nitrogen and oxygen atoms in total. The number of anilines is 2. The van der Waals surface area contributed by atoms with Gasteiger partial charge in [0.15, 0.2) is 5.82 Å². The number of nitrogens with one attached hydrogen (secondary N) is 3. The minimum Gasteiger partial charge on any atom is -0.307 e. The number of nitrogens with zero attached hydrogens (tertiary/aromatic N) is 1. The molecule has 0 bridgehead atoms. The molecule has 136 valence electrons. The van der Waals surface area contributed by atoms with Crippen molar-refractivity contribution in [3.8, 4) is 0 Å². The molecule has 0 aliphatic carbocycles. The lowest BCUT2D eigenvalue weighted by Gasteiger charge is -2.13. The number of H-pyrrole nitrogens is 1. The Labute approximate surface area is 147 Å². The maximum absolute atomic E-state index is 12.3. The van der Waals surface area contributed by atoms with Crippen LogP contribution in [-0.4, -0.2) is 24.6 Å². The summed E-state index contributed by atoms with van der Waals surface area (Å²) >= 11 is 0. The number of amides is 2. The van der Waals surface area contributed by atoms with Crippen LogP contribution in [0.2, 0.25) is 0 Å². The van der Waals surface area contributed by atoms with Gasteiger partial charge in [0.25, 0.3) is 0 Å². The van der Waals surface area contributed by atoms with Gasteiger partial charge < -0.3 is 5.32 Å². The van der Waals surface area contributed by atoms with Gasteiger partial charge in [-0.3, -0.25) is 10.4 Å². The van der Waals surface area contributed by atoms with E-state index in [1.165, 1.54) is 12.1 Å². The van der Waals surface area contributed by atoms with Crippen molar-refractivity contribution in [3.05, 3.63) is 34.5 Å². The molecule has 0 unspecified atom stereocenters. The van der Waals surface area contributed by atoms with Crippen LogP contribution in [0.1, 0.15) is 42.1 Å². The highest BCUT2D eigenvalue weighted by atomic mass is 32.2. The number of hydrogen-bond donors (Lipinski definition) is 4. The fraction of sp³-hybridized carbons (Fsp3) is 0.375. The number of aromatic nitrogens is 2. The van der Waals surface area contributed by atoms with Gasteiger partial charge in [0.1, 0.15) is 0 Å². The summed E-state index contributed by atoms with van der Waals surface area (Å²) in [6, 6.07) is 2.30. The molecule has 5 N–H and O–H groups in total. The number of carbonyl (C=O) groups is 1. The number of benzene rings is 1. The molecule has 2 amide bonds. The Balaban J connectivity index is 2.25. The molecule has 9 heteroatoms. The van der Waals surface area contributed by atoms with Crippen LogP contribution in [0.15, 0.2) is 17.0 Å². The molecule has 0 fully saturated rings. The minimum atomic E-state index is -3.86. The molecule has 25 heavy (non-hydrogen) atoms. The Morgan fingerprint density at radius 3 is 2.32 bits per heavy atom. The van der Waals surface area contributed by atoms with E-state index >= 15 is 0 Å². The Morgan fingerprint density at radius 1 is 1.16 bits per heavy atom. The number of rotatable bonds is 4. The second-order valence-electron chi connectivity index (χ2n) is 6.30. The molecule has 0 radical (unpaired) electrons. The highest BCUT2D eigenvalue weighted by Gasteiger charge is 2.17. The number of urea groups is 1. The van der Waals surface area contributed by atoms with E-state index in [0.29, 0.717) is 17.1 Å². The van der Waals surface area contributed by atoms with Crippen molar-refractivity contribution in [3.63, 3.8) is 0 Å². The summed E-state index contributed by atoms with van der Waals surface area (Å²) in [5.41, 5.74) is 3.64. The van der Waals surface area contributed by atoms with E-state index in [1.54, 1.807) is 13.8 Å². The average Bonchev–Trinajstić information content (AvgIpc) is 2.83. The van der Waals surface area contributed by atoms with Crippen LogP contribution in [0.5, 0.6) is 0 Å². The SMILES string of the molecule is Cc1cc(S(N)(=O)=O)cc(NC(=O)Nc2n[nH]c(C(C)C)c2C)c1C. The first-order valence-electron chi connectivity index (χ1n) is 7.77. The topological polar surface area (TPSA) is 130 Å². The molecule has 0 aliphatic rings. The molecule has 0 atom stereocenters. The summed E-state index contributed by atoms with van der Waals surface area (Å²) in [6.07, 6.45) is 0. The minimum absolute atomic E-state index is 0.0519. The van der Waals surface area contributed by atoms with E-state index in [-0.39, 0.29) is 10.8 Å². The van der Waals surface area contributed by atoms with E-state index in [1.807, 2.05) is 20.8 Å². The molecule has 0 saturated heterocycles. The maximum atomic E-state index is 12.3. The van der Waals surface area contributed by atoms with Crippen molar-refractivity contribution in [2.45, 2.75) is 45.4 Å². The third kappa shape index (κ3) is 4.18. The Hall–Kier alpha value is -2.39. The normalized spacial score (nSPS) is 11.6. The molecule has 1 heterocycles. The third-order valence-corrected chi connectivity index (χ3v) is 4.97. The van der Waals surface area contributed by atoms with Gasteiger partial charge in [-0.05, 0) is 49.9 Å². The number of aromatic amines is 1. The zero-order valence-electron chi connectivity index (χ0n) is 14.9. The lowest BCUT2D eigenvalue weighted by molar-refractivity contribution is 0.262. The van der Waals surface area contributed by atoms with E-state index in [0.717, 1.165) is 16.8 Å². The predicted octanol–water partition coefficient (Wildman–Crippen LogP) is 2.75. The maximum Gasteiger partial charge on any atom is 0.324 e. The molecule has 0 aliphatic heterocycles. The smallest absolute Gasteiger partial charge is 0.307 e. The number of primary sulfonamides is 1. The van der Waals surface area contributed by atoms with Gasteiger partial charge in [-0.25, -0.2) is 18.4 Å². The van der Waals surface area contributed by atoms with Crippen LogP contribution in [0.3, 0.4) is 0 Å². The quantitative estimate of drug-likeness (QED) is 0.663. The van der Waals surface area contributed by atoms with Gasteiger partial charge in [0.05, 0.1) is 4.90 Å². The molecule has 1 aromatic heterocycles.